The molecule has 1 unspecified atom stereocenters. The predicted molar refractivity (Wildman–Crippen MR) is 279 cm³/mol. The topological polar surface area (TPSA) is 61.8 Å². The minimum atomic E-state index is -0.561. The van der Waals surface area contributed by atoms with Crippen molar-refractivity contribution in [3.05, 3.63) is 85.1 Å². The first-order chi connectivity index (χ1) is 31.6. The number of rotatable bonds is 49. The molecule has 0 aliphatic heterocycles. The van der Waals surface area contributed by atoms with Gasteiger partial charge in [-0.3, -0.25) is 9.59 Å². The van der Waals surface area contributed by atoms with Crippen LogP contribution in [-0.4, -0.2) is 37.9 Å². The molecule has 0 amide bonds. The highest BCUT2D eigenvalue weighted by atomic mass is 16.6. The van der Waals surface area contributed by atoms with Gasteiger partial charge in [0.25, 0.3) is 0 Å². The van der Waals surface area contributed by atoms with E-state index in [1.165, 1.54) is 116 Å². The monoisotopic (exact) mass is 891 g/mol. The normalized spacial score (nSPS) is 12.9. The van der Waals surface area contributed by atoms with Gasteiger partial charge < -0.3 is 14.2 Å². The summed E-state index contributed by atoms with van der Waals surface area (Å²) in [5.41, 5.74) is 0. The summed E-state index contributed by atoms with van der Waals surface area (Å²) in [6.45, 7) is 7.57. The Morgan fingerprint density at radius 2 is 0.703 bits per heavy atom. The van der Waals surface area contributed by atoms with Crippen LogP contribution < -0.4 is 0 Å². The summed E-state index contributed by atoms with van der Waals surface area (Å²) in [7, 11) is 0. The van der Waals surface area contributed by atoms with Crippen molar-refractivity contribution in [1.29, 1.82) is 0 Å². The van der Waals surface area contributed by atoms with Crippen molar-refractivity contribution in [1.82, 2.24) is 0 Å². The van der Waals surface area contributed by atoms with E-state index in [-0.39, 0.29) is 25.2 Å². The van der Waals surface area contributed by atoms with Crippen LogP contribution in [0.5, 0.6) is 0 Å². The summed E-state index contributed by atoms with van der Waals surface area (Å²) in [6.07, 6.45) is 71.7. The molecule has 0 aliphatic rings. The van der Waals surface area contributed by atoms with Crippen molar-refractivity contribution in [2.24, 2.45) is 0 Å². The van der Waals surface area contributed by atoms with Gasteiger partial charge in [-0.25, -0.2) is 0 Å². The van der Waals surface area contributed by atoms with Gasteiger partial charge in [0.2, 0.25) is 0 Å². The first kappa shape index (κ1) is 61.1. The van der Waals surface area contributed by atoms with Crippen LogP contribution in [0.15, 0.2) is 85.1 Å². The molecule has 0 N–H and O–H groups in total. The van der Waals surface area contributed by atoms with Crippen LogP contribution in [0.25, 0.3) is 0 Å². The van der Waals surface area contributed by atoms with Gasteiger partial charge in [0.05, 0.1) is 6.61 Å². The average Bonchev–Trinajstić information content (AvgIpc) is 3.30. The molecule has 0 radical (unpaired) electrons. The lowest BCUT2D eigenvalue weighted by atomic mass is 10.1. The maximum atomic E-state index is 12.8. The number of esters is 2. The average molecular weight is 891 g/mol. The summed E-state index contributed by atoms with van der Waals surface area (Å²) in [4.78, 5) is 25.4. The summed E-state index contributed by atoms with van der Waals surface area (Å²) >= 11 is 0. The zero-order chi connectivity index (χ0) is 46.3. The van der Waals surface area contributed by atoms with Crippen LogP contribution in [0.3, 0.4) is 0 Å². The number of carbonyl (C=O) groups excluding carboxylic acids is 2. The first-order valence-electron chi connectivity index (χ1n) is 27.1. The van der Waals surface area contributed by atoms with E-state index < -0.39 is 6.10 Å². The van der Waals surface area contributed by atoms with E-state index >= 15 is 0 Å². The Labute approximate surface area is 397 Å². The van der Waals surface area contributed by atoms with Gasteiger partial charge in [0.15, 0.2) is 6.10 Å². The van der Waals surface area contributed by atoms with Gasteiger partial charge in [-0.2, -0.15) is 0 Å². The third-order valence-electron chi connectivity index (χ3n) is 11.4. The summed E-state index contributed by atoms with van der Waals surface area (Å²) in [5, 5.41) is 0. The first-order valence-corrected chi connectivity index (χ1v) is 27.1. The van der Waals surface area contributed by atoms with Gasteiger partial charge in [-0.05, 0) is 109 Å². The number of hydrogen-bond acceptors (Lipinski definition) is 5. The highest BCUT2D eigenvalue weighted by Gasteiger charge is 2.17. The van der Waals surface area contributed by atoms with E-state index in [1.807, 2.05) is 0 Å². The zero-order valence-corrected chi connectivity index (χ0v) is 42.3. The van der Waals surface area contributed by atoms with E-state index in [0.717, 1.165) is 103 Å². The number of allylic oxidation sites excluding steroid dienone is 14. The quantitative estimate of drug-likeness (QED) is 0.0346. The number of ether oxygens (including phenoxy) is 3. The van der Waals surface area contributed by atoms with Crippen molar-refractivity contribution >= 4 is 11.9 Å². The molecule has 0 spiro atoms. The molecule has 0 bridgehead atoms. The van der Waals surface area contributed by atoms with Crippen LogP contribution in [0, 0.1) is 0 Å². The van der Waals surface area contributed by atoms with Crippen LogP contribution in [0.1, 0.15) is 252 Å². The molecular formula is C59H102O5. The minimum Gasteiger partial charge on any atom is -0.462 e. The van der Waals surface area contributed by atoms with Crippen LogP contribution in [-0.2, 0) is 23.8 Å². The maximum absolute atomic E-state index is 12.8. The number of hydrogen-bond donors (Lipinski definition) is 0. The molecular weight excluding hydrogens is 789 g/mol. The van der Waals surface area contributed by atoms with Crippen molar-refractivity contribution in [2.75, 3.05) is 19.8 Å². The number of carbonyl (C=O) groups is 2. The molecule has 0 heterocycles. The number of unbranched alkanes of at least 4 members (excludes halogenated alkanes) is 24. The van der Waals surface area contributed by atoms with Gasteiger partial charge in [0, 0.05) is 19.4 Å². The molecule has 368 valence electrons. The third kappa shape index (κ3) is 51.7. The van der Waals surface area contributed by atoms with Crippen molar-refractivity contribution in [2.45, 2.75) is 258 Å². The molecule has 0 rings (SSSR count). The standard InChI is InChI=1S/C59H102O5/c1-4-7-10-13-16-19-22-25-27-29-31-33-36-39-42-45-48-51-54-62-55-57(64-59(61)53-50-47-44-41-38-34-24-21-18-15-12-9-6-3)56-63-58(60)52-49-46-43-40-37-35-32-30-28-26-23-20-17-14-11-8-5-2/h8-9,11-12,17-18,20-21,25-28,34,38,57H,4-7,10,13-16,19,22-24,29-33,35-37,39-56H2,1-3H3/b11-8-,12-9-,20-17-,21-18-,27-25-,28-26-,38-34-. The van der Waals surface area contributed by atoms with Crippen LogP contribution >= 0.6 is 0 Å². The third-order valence-corrected chi connectivity index (χ3v) is 11.4. The van der Waals surface area contributed by atoms with Crippen LogP contribution in [0.2, 0.25) is 0 Å². The fourth-order valence-corrected chi connectivity index (χ4v) is 7.42. The molecule has 1 atom stereocenters. The van der Waals surface area contributed by atoms with Gasteiger partial charge >= 0.3 is 11.9 Å². The molecule has 5 heteroatoms. The second-order valence-corrected chi connectivity index (χ2v) is 17.7. The lowest BCUT2D eigenvalue weighted by Crippen LogP contribution is -2.30. The van der Waals surface area contributed by atoms with Crippen molar-refractivity contribution in [3.63, 3.8) is 0 Å². The maximum Gasteiger partial charge on any atom is 0.306 e. The molecule has 0 aromatic heterocycles. The fraction of sp³-hybridized carbons (Fsp3) is 0.729. The molecule has 64 heavy (non-hydrogen) atoms. The van der Waals surface area contributed by atoms with Crippen LogP contribution in [0.4, 0.5) is 0 Å². The van der Waals surface area contributed by atoms with E-state index in [9.17, 15) is 9.59 Å². The van der Waals surface area contributed by atoms with E-state index in [0.29, 0.717) is 19.4 Å². The largest absolute Gasteiger partial charge is 0.462 e. The predicted octanol–water partition coefficient (Wildman–Crippen LogP) is 18.5. The van der Waals surface area contributed by atoms with Crippen molar-refractivity contribution in [3.8, 4) is 0 Å². The molecule has 0 saturated heterocycles. The highest BCUT2D eigenvalue weighted by Crippen LogP contribution is 2.14. The lowest BCUT2D eigenvalue weighted by Gasteiger charge is -2.18. The van der Waals surface area contributed by atoms with Crippen molar-refractivity contribution < 1.29 is 23.8 Å². The Bertz CT molecular complexity index is 1190. The smallest absolute Gasteiger partial charge is 0.306 e. The molecule has 0 saturated carbocycles. The molecule has 0 aromatic rings. The van der Waals surface area contributed by atoms with E-state index in [4.69, 9.17) is 14.2 Å². The molecule has 0 aliphatic carbocycles. The summed E-state index contributed by atoms with van der Waals surface area (Å²) in [6, 6.07) is 0. The lowest BCUT2D eigenvalue weighted by molar-refractivity contribution is -0.163. The SMILES string of the molecule is CC/C=C\C/C=C\C/C=C\CCCCCCCCCC(=O)OCC(COCCCCCCCCCC/C=C\CCCCCCCC)OC(=O)CCCCC/C=C\C/C=C\C/C=C\CC. The fourth-order valence-electron chi connectivity index (χ4n) is 7.42. The molecule has 0 aromatic carbocycles. The Morgan fingerprint density at radius 1 is 0.359 bits per heavy atom. The molecule has 5 nitrogen and oxygen atoms in total. The van der Waals surface area contributed by atoms with E-state index in [1.54, 1.807) is 0 Å². The van der Waals surface area contributed by atoms with Gasteiger partial charge in [-0.1, -0.05) is 215 Å². The Morgan fingerprint density at radius 3 is 1.16 bits per heavy atom. The molecule has 0 fully saturated rings. The second kappa shape index (κ2) is 54.4. The Hall–Kier alpha value is -2.92. The van der Waals surface area contributed by atoms with Gasteiger partial charge in [0.1, 0.15) is 6.61 Å². The summed E-state index contributed by atoms with van der Waals surface area (Å²) in [5.74, 6) is -0.442. The highest BCUT2D eigenvalue weighted by molar-refractivity contribution is 5.70. The Balaban J connectivity index is 4.30. The summed E-state index contributed by atoms with van der Waals surface area (Å²) < 4.78 is 17.4. The second-order valence-electron chi connectivity index (χ2n) is 17.7. The Kier molecular flexibility index (Phi) is 51.9. The van der Waals surface area contributed by atoms with E-state index in [2.05, 4.69) is 106 Å². The zero-order valence-electron chi connectivity index (χ0n) is 42.3. The minimum absolute atomic E-state index is 0.0641. The van der Waals surface area contributed by atoms with Gasteiger partial charge in [-0.15, -0.1) is 0 Å².